The van der Waals surface area contributed by atoms with E-state index in [2.05, 4.69) is 0 Å². The average Bonchev–Trinajstić information content (AvgIpc) is 2.12. The second-order valence-electron chi connectivity index (χ2n) is 2.02. The van der Waals surface area contributed by atoms with Crippen LogP contribution in [0.25, 0.3) is 0 Å². The van der Waals surface area contributed by atoms with Gasteiger partial charge in [-0.15, -0.1) is 0 Å². The van der Waals surface area contributed by atoms with Gasteiger partial charge in [-0.3, -0.25) is 10.3 Å². The summed E-state index contributed by atoms with van der Waals surface area (Å²) in [5.41, 5.74) is 5.31. The fourth-order valence-electron chi connectivity index (χ4n) is 0.931. The Balaban J connectivity index is 0.000000640. The molecular formula is C5H10Cl2N2. The molecule has 1 aliphatic heterocycles. The highest BCUT2D eigenvalue weighted by Crippen LogP contribution is 2.01. The first-order chi connectivity index (χ1) is 3.80. The van der Waals surface area contributed by atoms with E-state index in [4.69, 9.17) is 17.3 Å². The van der Waals surface area contributed by atoms with Crippen LogP contribution < -0.4 is 18.1 Å². The first-order valence-electron chi connectivity index (χ1n) is 2.83. The van der Waals surface area contributed by atoms with Crippen molar-refractivity contribution in [1.82, 2.24) is 0 Å². The van der Waals surface area contributed by atoms with Crippen molar-refractivity contribution in [3.8, 4) is 0 Å². The molecule has 1 rings (SSSR count). The largest absolute Gasteiger partial charge is 1.00 e. The molecule has 0 aromatic heterocycles. The summed E-state index contributed by atoms with van der Waals surface area (Å²) in [6.45, 7) is 2.07. The van der Waals surface area contributed by atoms with E-state index >= 15 is 0 Å². The monoisotopic (exact) mass is 168 g/mol. The molecule has 0 saturated carbocycles. The van der Waals surface area contributed by atoms with E-state index in [9.17, 15) is 0 Å². The molecule has 0 unspecified atom stereocenters. The molecule has 0 spiro atoms. The smallest absolute Gasteiger partial charge is 0.340 e. The van der Waals surface area contributed by atoms with Crippen LogP contribution in [0.4, 0.5) is 0 Å². The molecular weight excluding hydrogens is 159 g/mol. The molecule has 0 amide bonds. The summed E-state index contributed by atoms with van der Waals surface area (Å²) in [5, 5.41) is 0.447. The lowest BCUT2D eigenvalue weighted by Gasteiger charge is -1.91. The SMILES string of the molecule is NC(Cl)=[N+]1CCCC1.[Cl-]. The number of amidine groups is 1. The second kappa shape index (κ2) is 3.96. The Morgan fingerprint density at radius 1 is 1.33 bits per heavy atom. The highest BCUT2D eigenvalue weighted by molar-refractivity contribution is 6.62. The molecule has 1 heterocycles. The van der Waals surface area contributed by atoms with Gasteiger partial charge in [-0.05, 0) is 12.8 Å². The summed E-state index contributed by atoms with van der Waals surface area (Å²) in [6.07, 6.45) is 2.46. The van der Waals surface area contributed by atoms with Gasteiger partial charge in [0.2, 0.25) is 0 Å². The topological polar surface area (TPSA) is 29.0 Å². The van der Waals surface area contributed by atoms with E-state index in [1.54, 1.807) is 0 Å². The Morgan fingerprint density at radius 2 is 1.78 bits per heavy atom. The van der Waals surface area contributed by atoms with Crippen molar-refractivity contribution in [3.05, 3.63) is 0 Å². The van der Waals surface area contributed by atoms with Gasteiger partial charge in [0.05, 0.1) is 13.1 Å². The van der Waals surface area contributed by atoms with Gasteiger partial charge in [0, 0.05) is 11.6 Å². The van der Waals surface area contributed by atoms with Crippen molar-refractivity contribution < 1.29 is 17.0 Å². The molecule has 9 heavy (non-hydrogen) atoms. The number of nitrogens with two attached hydrogens (primary N) is 1. The first-order valence-corrected chi connectivity index (χ1v) is 3.21. The number of halogens is 2. The van der Waals surface area contributed by atoms with Gasteiger partial charge in [-0.2, -0.15) is 0 Å². The summed E-state index contributed by atoms with van der Waals surface area (Å²) >= 11 is 5.50. The van der Waals surface area contributed by atoms with Crippen molar-refractivity contribution in [2.45, 2.75) is 12.8 Å². The van der Waals surface area contributed by atoms with Crippen molar-refractivity contribution in [3.63, 3.8) is 0 Å². The average molecular weight is 169 g/mol. The van der Waals surface area contributed by atoms with Crippen LogP contribution in [0.1, 0.15) is 12.8 Å². The van der Waals surface area contributed by atoms with E-state index in [1.165, 1.54) is 12.8 Å². The van der Waals surface area contributed by atoms with Gasteiger partial charge >= 0.3 is 5.29 Å². The third-order valence-corrected chi connectivity index (χ3v) is 1.65. The predicted octanol–water partition coefficient (Wildman–Crippen LogP) is -2.65. The van der Waals surface area contributed by atoms with Gasteiger partial charge in [0.15, 0.2) is 0 Å². The number of hydrogen-bond acceptors (Lipinski definition) is 0. The third kappa shape index (κ3) is 2.41. The Labute approximate surface area is 66.1 Å². The molecule has 1 saturated heterocycles. The molecule has 0 atom stereocenters. The Morgan fingerprint density at radius 3 is 2.00 bits per heavy atom. The number of rotatable bonds is 0. The predicted molar refractivity (Wildman–Crippen MR) is 34.3 cm³/mol. The van der Waals surface area contributed by atoms with Crippen LogP contribution in [0.15, 0.2) is 0 Å². The number of hydrogen-bond donors (Lipinski definition) is 1. The van der Waals surface area contributed by atoms with Crippen LogP contribution in [-0.2, 0) is 0 Å². The van der Waals surface area contributed by atoms with E-state index < -0.39 is 0 Å². The molecule has 0 aliphatic carbocycles. The van der Waals surface area contributed by atoms with E-state index in [0.717, 1.165) is 13.1 Å². The Bertz CT molecular complexity index is 110. The zero-order valence-electron chi connectivity index (χ0n) is 5.11. The minimum Gasteiger partial charge on any atom is -1.00 e. The molecule has 0 aromatic carbocycles. The van der Waals surface area contributed by atoms with Crippen molar-refractivity contribution in [2.75, 3.05) is 13.1 Å². The first kappa shape index (κ1) is 9.05. The van der Waals surface area contributed by atoms with Crippen molar-refractivity contribution >= 4 is 16.9 Å². The van der Waals surface area contributed by atoms with E-state index in [1.807, 2.05) is 4.58 Å². The minimum atomic E-state index is 0. The van der Waals surface area contributed by atoms with Crippen LogP contribution in [-0.4, -0.2) is 23.0 Å². The standard InChI is InChI=1S/C5H9ClN2.ClH/c6-5(7)8-3-1-2-4-8;/h7H,1-4H2;1H. The molecule has 0 aromatic rings. The molecule has 2 nitrogen and oxygen atoms in total. The van der Waals surface area contributed by atoms with Crippen molar-refractivity contribution in [2.24, 2.45) is 5.73 Å². The third-order valence-electron chi connectivity index (χ3n) is 1.41. The number of nitrogens with zero attached hydrogens (tertiary/aromatic N) is 1. The van der Waals surface area contributed by atoms with Crippen LogP contribution in [0.5, 0.6) is 0 Å². The van der Waals surface area contributed by atoms with Gasteiger partial charge in [-0.1, -0.05) is 0 Å². The minimum absolute atomic E-state index is 0. The lowest BCUT2D eigenvalue weighted by atomic mass is 10.4. The van der Waals surface area contributed by atoms with Gasteiger partial charge in [0.1, 0.15) is 0 Å². The fraction of sp³-hybridized carbons (Fsp3) is 0.800. The maximum atomic E-state index is 5.50. The lowest BCUT2D eigenvalue weighted by molar-refractivity contribution is -0.504. The summed E-state index contributed by atoms with van der Waals surface area (Å²) in [5.74, 6) is 0. The Kier molecular flexibility index (Phi) is 3.98. The highest BCUT2D eigenvalue weighted by Gasteiger charge is 2.11. The molecule has 0 radical (unpaired) electrons. The van der Waals surface area contributed by atoms with E-state index in [0.29, 0.717) is 5.29 Å². The molecule has 1 aliphatic rings. The van der Waals surface area contributed by atoms with Gasteiger partial charge < -0.3 is 12.4 Å². The van der Waals surface area contributed by atoms with Crippen LogP contribution >= 0.6 is 11.6 Å². The summed E-state index contributed by atoms with van der Waals surface area (Å²) < 4.78 is 1.99. The zero-order valence-corrected chi connectivity index (χ0v) is 6.62. The molecule has 54 valence electrons. The van der Waals surface area contributed by atoms with Crippen LogP contribution in [0.2, 0.25) is 0 Å². The maximum Gasteiger partial charge on any atom is 0.340 e. The van der Waals surface area contributed by atoms with Crippen LogP contribution in [0, 0.1) is 0 Å². The quantitative estimate of drug-likeness (QED) is 0.239. The van der Waals surface area contributed by atoms with Crippen molar-refractivity contribution in [1.29, 1.82) is 0 Å². The van der Waals surface area contributed by atoms with Crippen LogP contribution in [0.3, 0.4) is 0 Å². The molecule has 0 bridgehead atoms. The maximum absolute atomic E-state index is 5.50. The summed E-state index contributed by atoms with van der Waals surface area (Å²) in [7, 11) is 0. The molecule has 1 fully saturated rings. The lowest BCUT2D eigenvalue weighted by Crippen LogP contribution is -3.00. The van der Waals surface area contributed by atoms with Gasteiger partial charge in [-0.25, -0.2) is 0 Å². The fourth-order valence-corrected chi connectivity index (χ4v) is 1.10. The summed E-state index contributed by atoms with van der Waals surface area (Å²) in [4.78, 5) is 0. The second-order valence-corrected chi connectivity index (χ2v) is 2.40. The molecule has 4 heteroatoms. The van der Waals surface area contributed by atoms with Gasteiger partial charge in [0.25, 0.3) is 0 Å². The van der Waals surface area contributed by atoms with E-state index in [-0.39, 0.29) is 12.4 Å². The molecule has 2 N–H and O–H groups in total. The normalized spacial score (nSPS) is 17.2. The summed E-state index contributed by atoms with van der Waals surface area (Å²) in [6, 6.07) is 0. The highest BCUT2D eigenvalue weighted by atomic mass is 35.5. The Hall–Kier alpha value is 0.0500. The zero-order chi connectivity index (χ0) is 5.98.